The van der Waals surface area contributed by atoms with E-state index in [0.29, 0.717) is 9.75 Å². The number of nitrogens with one attached hydrogen (secondary N) is 2. The summed E-state index contributed by atoms with van der Waals surface area (Å²) in [6, 6.07) is 11.7. The van der Waals surface area contributed by atoms with E-state index >= 15 is 0 Å². The first kappa shape index (κ1) is 15.9. The zero-order valence-corrected chi connectivity index (χ0v) is 15.0. The van der Waals surface area contributed by atoms with Gasteiger partial charge in [-0.2, -0.15) is 0 Å². The van der Waals surface area contributed by atoms with Gasteiger partial charge in [0.25, 0.3) is 11.8 Å². The largest absolute Gasteiger partial charge is 0.354 e. The van der Waals surface area contributed by atoms with Crippen molar-refractivity contribution >= 4 is 45.8 Å². The molecule has 23 heavy (non-hydrogen) atoms. The fraction of sp³-hybridized carbons (Fsp3) is 0.125. The molecule has 0 saturated carbocycles. The summed E-state index contributed by atoms with van der Waals surface area (Å²) in [5.41, 5.74) is 0. The first-order chi connectivity index (χ1) is 11.1. The van der Waals surface area contributed by atoms with Gasteiger partial charge in [-0.1, -0.05) is 0 Å². The van der Waals surface area contributed by atoms with Gasteiger partial charge < -0.3 is 10.6 Å². The summed E-state index contributed by atoms with van der Waals surface area (Å²) in [5, 5.41) is 5.27. The Balaban J connectivity index is 1.85. The van der Waals surface area contributed by atoms with Gasteiger partial charge in [-0.3, -0.25) is 9.59 Å². The van der Waals surface area contributed by atoms with Crippen molar-refractivity contribution in [2.45, 2.75) is 0 Å². The molecule has 0 saturated heterocycles. The number of carbonyl (C=O) groups excluding carboxylic acids is 2. The Morgan fingerprint density at radius 3 is 1.39 bits per heavy atom. The van der Waals surface area contributed by atoms with Crippen LogP contribution in [-0.4, -0.2) is 25.9 Å². The van der Waals surface area contributed by atoms with E-state index < -0.39 is 0 Å². The van der Waals surface area contributed by atoms with E-state index in [1.807, 2.05) is 24.3 Å². The van der Waals surface area contributed by atoms with Crippen molar-refractivity contribution in [2.24, 2.45) is 0 Å². The Labute approximate surface area is 145 Å². The van der Waals surface area contributed by atoms with Gasteiger partial charge in [0, 0.05) is 33.6 Å². The third-order valence-corrected chi connectivity index (χ3v) is 6.85. The minimum absolute atomic E-state index is 0.0634. The average molecular weight is 363 g/mol. The molecule has 0 aliphatic rings. The maximum Gasteiger partial charge on any atom is 0.261 e. The number of amides is 2. The van der Waals surface area contributed by atoms with Crippen LogP contribution in [0.4, 0.5) is 0 Å². The Morgan fingerprint density at radius 1 is 0.652 bits per heavy atom. The number of hydrogen-bond donors (Lipinski definition) is 2. The van der Waals surface area contributed by atoms with Crippen LogP contribution in [0.2, 0.25) is 0 Å². The second kappa shape index (κ2) is 6.66. The van der Waals surface area contributed by atoms with Crippen LogP contribution in [-0.2, 0) is 0 Å². The van der Waals surface area contributed by atoms with Crippen LogP contribution in [0.25, 0.3) is 19.5 Å². The highest BCUT2D eigenvalue weighted by Gasteiger charge is 2.13. The molecule has 0 atom stereocenters. The summed E-state index contributed by atoms with van der Waals surface area (Å²) in [6.45, 7) is 0. The van der Waals surface area contributed by atoms with Gasteiger partial charge in [-0.25, -0.2) is 0 Å². The monoisotopic (exact) mass is 362 g/mol. The number of hydrogen-bond acceptors (Lipinski definition) is 5. The highest BCUT2D eigenvalue weighted by Crippen LogP contribution is 2.39. The molecule has 7 heteroatoms. The highest BCUT2D eigenvalue weighted by atomic mass is 32.1. The number of carbonyl (C=O) groups is 2. The fourth-order valence-electron chi connectivity index (χ4n) is 2.03. The van der Waals surface area contributed by atoms with E-state index in [9.17, 15) is 9.59 Å². The Hall–Kier alpha value is -1.96. The molecule has 0 bridgehead atoms. The Kier molecular flexibility index (Phi) is 4.61. The van der Waals surface area contributed by atoms with E-state index in [1.54, 1.807) is 25.4 Å². The molecular formula is C16H14N2O2S3. The van der Waals surface area contributed by atoms with E-state index in [1.165, 1.54) is 22.7 Å². The molecule has 2 N–H and O–H groups in total. The first-order valence-corrected chi connectivity index (χ1v) is 9.31. The molecule has 0 spiro atoms. The van der Waals surface area contributed by atoms with Gasteiger partial charge in [0.15, 0.2) is 0 Å². The summed E-state index contributed by atoms with van der Waals surface area (Å²) in [7, 11) is 3.26. The normalized spacial score (nSPS) is 10.5. The van der Waals surface area contributed by atoms with Crippen LogP contribution in [0.5, 0.6) is 0 Å². The van der Waals surface area contributed by atoms with Crippen LogP contribution in [0.3, 0.4) is 0 Å². The topological polar surface area (TPSA) is 58.2 Å². The maximum absolute atomic E-state index is 11.6. The van der Waals surface area contributed by atoms with E-state index in [4.69, 9.17) is 0 Å². The molecule has 4 nitrogen and oxygen atoms in total. The van der Waals surface area contributed by atoms with E-state index in [-0.39, 0.29) is 11.8 Å². The van der Waals surface area contributed by atoms with Crippen molar-refractivity contribution in [1.82, 2.24) is 10.6 Å². The van der Waals surface area contributed by atoms with E-state index in [0.717, 1.165) is 19.5 Å². The van der Waals surface area contributed by atoms with Gasteiger partial charge >= 0.3 is 0 Å². The minimum atomic E-state index is -0.0634. The summed E-state index contributed by atoms with van der Waals surface area (Å²) in [4.78, 5) is 29.1. The van der Waals surface area contributed by atoms with Crippen molar-refractivity contribution in [2.75, 3.05) is 14.1 Å². The third-order valence-electron chi connectivity index (χ3n) is 3.21. The molecule has 118 valence electrons. The minimum Gasteiger partial charge on any atom is -0.354 e. The molecule has 0 unspecified atom stereocenters. The molecule has 0 aliphatic heterocycles. The second-order valence-corrected chi connectivity index (χ2v) is 7.90. The predicted molar refractivity (Wildman–Crippen MR) is 97.7 cm³/mol. The SMILES string of the molecule is CNC(=O)c1ccc(-c2ccc(-c3ccc(C(=O)NC)s3)s2)s1. The Morgan fingerprint density at radius 2 is 1.00 bits per heavy atom. The molecule has 0 fully saturated rings. The van der Waals surface area contributed by atoms with Gasteiger partial charge in [0.1, 0.15) is 0 Å². The molecule has 3 rings (SSSR count). The lowest BCUT2D eigenvalue weighted by atomic mass is 10.3. The molecule has 2 amide bonds. The van der Waals surface area contributed by atoms with Gasteiger partial charge in [-0.05, 0) is 36.4 Å². The van der Waals surface area contributed by atoms with Crippen LogP contribution < -0.4 is 10.6 Å². The first-order valence-electron chi connectivity index (χ1n) is 6.87. The lowest BCUT2D eigenvalue weighted by Crippen LogP contribution is -2.15. The summed E-state index contributed by atoms with van der Waals surface area (Å²) < 4.78 is 0. The van der Waals surface area contributed by atoms with Crippen LogP contribution in [0, 0.1) is 0 Å². The summed E-state index contributed by atoms with van der Waals surface area (Å²) in [6.07, 6.45) is 0. The summed E-state index contributed by atoms with van der Waals surface area (Å²) >= 11 is 4.62. The molecule has 3 aromatic rings. The van der Waals surface area contributed by atoms with Gasteiger partial charge in [0.2, 0.25) is 0 Å². The molecule has 0 aromatic carbocycles. The van der Waals surface area contributed by atoms with E-state index in [2.05, 4.69) is 22.8 Å². The molecule has 0 radical (unpaired) electrons. The third kappa shape index (κ3) is 3.21. The molecule has 3 heterocycles. The Bertz CT molecular complexity index is 791. The zero-order valence-electron chi connectivity index (χ0n) is 12.5. The van der Waals surface area contributed by atoms with Crippen molar-refractivity contribution in [1.29, 1.82) is 0 Å². The molecule has 0 aliphatic carbocycles. The van der Waals surface area contributed by atoms with Gasteiger partial charge in [-0.15, -0.1) is 34.0 Å². The highest BCUT2D eigenvalue weighted by molar-refractivity contribution is 7.27. The zero-order chi connectivity index (χ0) is 16.4. The summed E-state index contributed by atoms with van der Waals surface area (Å²) in [5.74, 6) is -0.127. The molecule has 3 aromatic heterocycles. The van der Waals surface area contributed by atoms with Crippen molar-refractivity contribution in [3.05, 3.63) is 46.2 Å². The van der Waals surface area contributed by atoms with Crippen molar-refractivity contribution in [3.8, 4) is 19.5 Å². The van der Waals surface area contributed by atoms with Crippen molar-refractivity contribution < 1.29 is 9.59 Å². The van der Waals surface area contributed by atoms with Crippen LogP contribution >= 0.6 is 34.0 Å². The quantitative estimate of drug-likeness (QED) is 0.739. The smallest absolute Gasteiger partial charge is 0.261 e. The number of thiophene rings is 3. The predicted octanol–water partition coefficient (Wildman–Crippen LogP) is 3.92. The lowest BCUT2D eigenvalue weighted by Gasteiger charge is -1.94. The fourth-order valence-corrected chi connectivity index (χ4v) is 5.13. The average Bonchev–Trinajstić information content (AvgIpc) is 3.31. The lowest BCUT2D eigenvalue weighted by molar-refractivity contribution is 0.0959. The number of rotatable bonds is 4. The van der Waals surface area contributed by atoms with Crippen molar-refractivity contribution in [3.63, 3.8) is 0 Å². The molecular weight excluding hydrogens is 348 g/mol. The maximum atomic E-state index is 11.6. The van der Waals surface area contributed by atoms with Crippen LogP contribution in [0.15, 0.2) is 36.4 Å². The van der Waals surface area contributed by atoms with Gasteiger partial charge in [0.05, 0.1) is 9.75 Å². The van der Waals surface area contributed by atoms with Crippen LogP contribution in [0.1, 0.15) is 19.3 Å². The second-order valence-electron chi connectivity index (χ2n) is 4.65. The standard InChI is InChI=1S/C16H14N2O2S3/c1-17-15(19)13-7-5-11(22-13)9-3-4-10(21-9)12-6-8-14(23-12)16(20)18-2/h3-8H,1-2H3,(H,17,19)(H,18,20).